The summed E-state index contributed by atoms with van der Waals surface area (Å²) in [6.07, 6.45) is 1.91. The van der Waals surface area contributed by atoms with Gasteiger partial charge in [0.1, 0.15) is 0 Å². The number of aromatic nitrogens is 1. The SMILES string of the molecule is CSC(=S)N/N=C(/C)c1cccc(C)n1. The normalized spacial score (nSPS) is 11.3. The Morgan fingerprint density at radius 2 is 2.27 bits per heavy atom. The summed E-state index contributed by atoms with van der Waals surface area (Å²) in [6.45, 7) is 3.86. The summed E-state index contributed by atoms with van der Waals surface area (Å²) >= 11 is 6.43. The van der Waals surface area contributed by atoms with Crippen LogP contribution in [0.1, 0.15) is 18.3 Å². The number of thioether (sulfide) groups is 1. The van der Waals surface area contributed by atoms with Gasteiger partial charge in [0.15, 0.2) is 4.32 Å². The Morgan fingerprint density at radius 1 is 1.53 bits per heavy atom. The first kappa shape index (κ1) is 12.1. The van der Waals surface area contributed by atoms with E-state index in [-0.39, 0.29) is 0 Å². The third kappa shape index (κ3) is 3.97. The highest BCUT2D eigenvalue weighted by molar-refractivity contribution is 8.22. The maximum Gasteiger partial charge on any atom is 0.153 e. The molecule has 0 fully saturated rings. The van der Waals surface area contributed by atoms with E-state index in [2.05, 4.69) is 15.5 Å². The molecule has 0 unspecified atom stereocenters. The van der Waals surface area contributed by atoms with Crippen molar-refractivity contribution in [3.63, 3.8) is 0 Å². The van der Waals surface area contributed by atoms with Crippen molar-refractivity contribution in [2.45, 2.75) is 13.8 Å². The molecule has 0 bridgehead atoms. The van der Waals surface area contributed by atoms with Gasteiger partial charge in [-0.05, 0) is 32.2 Å². The molecule has 15 heavy (non-hydrogen) atoms. The Balaban J connectivity index is 2.75. The van der Waals surface area contributed by atoms with Gasteiger partial charge in [-0.3, -0.25) is 10.4 Å². The molecule has 0 saturated heterocycles. The largest absolute Gasteiger partial charge is 0.262 e. The smallest absolute Gasteiger partial charge is 0.153 e. The summed E-state index contributed by atoms with van der Waals surface area (Å²) in [5.41, 5.74) is 5.47. The third-order valence-electron chi connectivity index (χ3n) is 1.76. The van der Waals surface area contributed by atoms with Crippen molar-refractivity contribution in [3.8, 4) is 0 Å². The molecule has 0 amide bonds. The topological polar surface area (TPSA) is 37.3 Å². The molecule has 0 aromatic carbocycles. The third-order valence-corrected chi connectivity index (χ3v) is 2.81. The van der Waals surface area contributed by atoms with E-state index in [1.807, 2.05) is 38.3 Å². The van der Waals surface area contributed by atoms with Crippen LogP contribution >= 0.6 is 24.0 Å². The lowest BCUT2D eigenvalue weighted by Gasteiger charge is -2.02. The number of pyridine rings is 1. The Hall–Kier alpha value is -0.940. The molecule has 0 aliphatic rings. The van der Waals surface area contributed by atoms with Gasteiger partial charge in [0, 0.05) is 5.69 Å². The fourth-order valence-electron chi connectivity index (χ4n) is 0.977. The summed E-state index contributed by atoms with van der Waals surface area (Å²) in [5.74, 6) is 0. The fraction of sp³-hybridized carbons (Fsp3) is 0.300. The molecule has 1 aromatic heterocycles. The number of hydrogen-bond acceptors (Lipinski definition) is 4. The number of rotatable bonds is 2. The van der Waals surface area contributed by atoms with E-state index in [9.17, 15) is 0 Å². The van der Waals surface area contributed by atoms with Gasteiger partial charge in [0.05, 0.1) is 11.4 Å². The minimum Gasteiger partial charge on any atom is -0.262 e. The molecule has 0 aliphatic carbocycles. The maximum absolute atomic E-state index is 4.97. The summed E-state index contributed by atoms with van der Waals surface area (Å²) in [6, 6.07) is 5.84. The number of hydrogen-bond donors (Lipinski definition) is 1. The van der Waals surface area contributed by atoms with Gasteiger partial charge in [-0.15, -0.1) is 0 Å². The van der Waals surface area contributed by atoms with Gasteiger partial charge in [-0.2, -0.15) is 5.10 Å². The summed E-state index contributed by atoms with van der Waals surface area (Å²) in [7, 11) is 0. The average molecular weight is 239 g/mol. The van der Waals surface area contributed by atoms with Crippen molar-refractivity contribution in [3.05, 3.63) is 29.6 Å². The highest BCUT2D eigenvalue weighted by atomic mass is 32.2. The van der Waals surface area contributed by atoms with Crippen LogP contribution in [0.15, 0.2) is 23.3 Å². The van der Waals surface area contributed by atoms with E-state index < -0.39 is 0 Å². The minimum atomic E-state index is 0.655. The number of thiocarbonyl (C=S) groups is 1. The first-order valence-electron chi connectivity index (χ1n) is 4.45. The zero-order valence-electron chi connectivity index (χ0n) is 8.94. The van der Waals surface area contributed by atoms with E-state index in [1.165, 1.54) is 11.8 Å². The number of nitrogens with zero attached hydrogens (tertiary/aromatic N) is 2. The highest BCUT2D eigenvalue weighted by Crippen LogP contribution is 2.00. The lowest BCUT2D eigenvalue weighted by molar-refractivity contribution is 1.05. The first-order valence-corrected chi connectivity index (χ1v) is 6.09. The van der Waals surface area contributed by atoms with Gasteiger partial charge in [0.2, 0.25) is 0 Å². The van der Waals surface area contributed by atoms with Gasteiger partial charge in [-0.1, -0.05) is 30.0 Å². The molecular formula is C10H13N3S2. The van der Waals surface area contributed by atoms with Crippen LogP contribution < -0.4 is 5.43 Å². The number of aryl methyl sites for hydroxylation is 1. The molecule has 0 aliphatic heterocycles. The van der Waals surface area contributed by atoms with Crippen LogP contribution in [0.5, 0.6) is 0 Å². The van der Waals surface area contributed by atoms with E-state index in [0.29, 0.717) is 4.32 Å². The Kier molecular flexibility index (Phi) is 4.71. The molecule has 0 spiro atoms. The first-order chi connectivity index (χ1) is 7.13. The Labute approximate surface area is 99.4 Å². The molecule has 0 atom stereocenters. The number of nitrogens with one attached hydrogen (secondary N) is 1. The van der Waals surface area contributed by atoms with E-state index in [0.717, 1.165) is 17.1 Å². The van der Waals surface area contributed by atoms with Crippen LogP contribution in [0.3, 0.4) is 0 Å². The Bertz CT molecular complexity index is 388. The van der Waals surface area contributed by atoms with Crippen LogP contribution in [0, 0.1) is 6.92 Å². The van der Waals surface area contributed by atoms with Crippen LogP contribution in [-0.4, -0.2) is 21.3 Å². The highest BCUT2D eigenvalue weighted by Gasteiger charge is 1.99. The molecule has 1 heterocycles. The lowest BCUT2D eigenvalue weighted by atomic mass is 10.2. The molecule has 1 N–H and O–H groups in total. The zero-order chi connectivity index (χ0) is 11.3. The van der Waals surface area contributed by atoms with Gasteiger partial charge >= 0.3 is 0 Å². The molecule has 1 aromatic rings. The number of hydrazone groups is 1. The minimum absolute atomic E-state index is 0.655. The molecule has 0 radical (unpaired) electrons. The van der Waals surface area contributed by atoms with Crippen molar-refractivity contribution in [1.29, 1.82) is 0 Å². The molecule has 3 nitrogen and oxygen atoms in total. The van der Waals surface area contributed by atoms with Crippen LogP contribution in [0.4, 0.5) is 0 Å². The zero-order valence-corrected chi connectivity index (χ0v) is 10.6. The van der Waals surface area contributed by atoms with Gasteiger partial charge in [0.25, 0.3) is 0 Å². The van der Waals surface area contributed by atoms with Crippen molar-refractivity contribution in [2.24, 2.45) is 5.10 Å². The maximum atomic E-state index is 4.97. The predicted octanol–water partition coefficient (Wildman–Crippen LogP) is 2.35. The Morgan fingerprint density at radius 3 is 2.87 bits per heavy atom. The van der Waals surface area contributed by atoms with Crippen molar-refractivity contribution < 1.29 is 0 Å². The van der Waals surface area contributed by atoms with Crippen LogP contribution in [0.25, 0.3) is 0 Å². The summed E-state index contributed by atoms with van der Waals surface area (Å²) in [5, 5.41) is 4.15. The average Bonchev–Trinajstić information content (AvgIpc) is 2.25. The van der Waals surface area contributed by atoms with E-state index in [1.54, 1.807) is 0 Å². The second kappa shape index (κ2) is 5.82. The molecule has 1 rings (SSSR count). The van der Waals surface area contributed by atoms with Crippen molar-refractivity contribution >= 4 is 34.0 Å². The van der Waals surface area contributed by atoms with Gasteiger partial charge < -0.3 is 0 Å². The van der Waals surface area contributed by atoms with Crippen molar-refractivity contribution in [1.82, 2.24) is 10.4 Å². The predicted molar refractivity (Wildman–Crippen MR) is 70.4 cm³/mol. The van der Waals surface area contributed by atoms with E-state index in [4.69, 9.17) is 12.2 Å². The molecular weight excluding hydrogens is 226 g/mol. The fourth-order valence-corrected chi connectivity index (χ4v) is 1.16. The molecule has 5 heteroatoms. The van der Waals surface area contributed by atoms with Crippen LogP contribution in [-0.2, 0) is 0 Å². The van der Waals surface area contributed by atoms with Crippen LogP contribution in [0.2, 0.25) is 0 Å². The van der Waals surface area contributed by atoms with Gasteiger partial charge in [-0.25, -0.2) is 0 Å². The lowest BCUT2D eigenvalue weighted by Crippen LogP contribution is -2.14. The molecule has 0 saturated carbocycles. The van der Waals surface area contributed by atoms with Crippen molar-refractivity contribution in [2.75, 3.05) is 6.26 Å². The van der Waals surface area contributed by atoms with E-state index >= 15 is 0 Å². The quantitative estimate of drug-likeness (QED) is 0.488. The summed E-state index contributed by atoms with van der Waals surface area (Å²) < 4.78 is 0.655. The summed E-state index contributed by atoms with van der Waals surface area (Å²) in [4.78, 5) is 4.36. The molecule has 80 valence electrons. The second-order valence-corrected chi connectivity index (χ2v) is 4.45. The standard InChI is InChI=1S/C10H13N3S2/c1-7-5-4-6-9(11-7)8(2)12-13-10(14)15-3/h4-6H,1-3H3,(H,13,14)/b12-8-. The monoisotopic (exact) mass is 239 g/mol. The second-order valence-electron chi connectivity index (χ2n) is 2.96.